The summed E-state index contributed by atoms with van der Waals surface area (Å²) in [5.74, 6) is 0.799. The van der Waals surface area contributed by atoms with Crippen molar-refractivity contribution in [1.29, 1.82) is 0 Å². The Hall–Kier alpha value is -2.03. The van der Waals surface area contributed by atoms with E-state index in [4.69, 9.17) is 16.3 Å². The van der Waals surface area contributed by atoms with E-state index in [1.54, 1.807) is 19.2 Å². The second-order valence-electron chi connectivity index (χ2n) is 4.86. The van der Waals surface area contributed by atoms with E-state index < -0.39 is 6.10 Å². The Balaban J connectivity index is 2.17. The van der Waals surface area contributed by atoms with Gasteiger partial charge >= 0.3 is 0 Å². The van der Waals surface area contributed by atoms with Crippen LogP contribution in [0.15, 0.2) is 60.7 Å². The van der Waals surface area contributed by atoms with Gasteiger partial charge in [-0.15, -0.1) is 0 Å². The first-order valence-corrected chi connectivity index (χ1v) is 7.07. The summed E-state index contributed by atoms with van der Waals surface area (Å²) in [6.45, 7) is 0. The van der Waals surface area contributed by atoms with E-state index in [0.717, 1.165) is 27.6 Å². The first kappa shape index (κ1) is 13.9. The van der Waals surface area contributed by atoms with Crippen LogP contribution in [0.25, 0.3) is 10.8 Å². The lowest BCUT2D eigenvalue weighted by atomic mass is 9.95. The molecule has 0 bridgehead atoms. The summed E-state index contributed by atoms with van der Waals surface area (Å²) < 4.78 is 5.38. The summed E-state index contributed by atoms with van der Waals surface area (Å²) in [7, 11) is 1.65. The summed E-state index contributed by atoms with van der Waals surface area (Å²) in [6.07, 6.45) is -0.723. The molecule has 3 heteroatoms. The van der Waals surface area contributed by atoms with E-state index in [0.29, 0.717) is 5.02 Å². The van der Waals surface area contributed by atoms with Gasteiger partial charge in [-0.1, -0.05) is 54.1 Å². The quantitative estimate of drug-likeness (QED) is 0.766. The molecule has 0 heterocycles. The van der Waals surface area contributed by atoms with Crippen LogP contribution in [-0.2, 0) is 0 Å². The molecule has 0 fully saturated rings. The van der Waals surface area contributed by atoms with Crippen LogP contribution in [0.5, 0.6) is 5.75 Å². The minimum absolute atomic E-state index is 0.615. The molecule has 3 rings (SSSR count). The molecule has 0 aromatic heterocycles. The molecule has 0 radical (unpaired) electrons. The Kier molecular flexibility index (Phi) is 3.82. The maximum absolute atomic E-state index is 10.7. The summed E-state index contributed by atoms with van der Waals surface area (Å²) in [6, 6.07) is 19.0. The van der Waals surface area contributed by atoms with Crippen LogP contribution < -0.4 is 4.74 Å². The van der Waals surface area contributed by atoms with Crippen molar-refractivity contribution in [3.63, 3.8) is 0 Å². The smallest absolute Gasteiger partial charge is 0.126 e. The Morgan fingerprint density at radius 3 is 2.43 bits per heavy atom. The van der Waals surface area contributed by atoms with Crippen molar-refractivity contribution < 1.29 is 9.84 Å². The minimum atomic E-state index is -0.723. The Bertz CT molecular complexity index is 783. The van der Waals surface area contributed by atoms with Gasteiger partial charge in [0.25, 0.3) is 0 Å². The van der Waals surface area contributed by atoms with Gasteiger partial charge in [-0.2, -0.15) is 0 Å². The third kappa shape index (κ3) is 2.60. The normalized spacial score (nSPS) is 12.3. The maximum Gasteiger partial charge on any atom is 0.126 e. The third-order valence-electron chi connectivity index (χ3n) is 3.60. The maximum atomic E-state index is 10.7. The minimum Gasteiger partial charge on any atom is -0.496 e. The van der Waals surface area contributed by atoms with Crippen LogP contribution in [-0.4, -0.2) is 12.2 Å². The Morgan fingerprint density at radius 2 is 1.71 bits per heavy atom. The predicted octanol–water partition coefficient (Wildman–Crippen LogP) is 4.58. The van der Waals surface area contributed by atoms with Crippen molar-refractivity contribution in [2.75, 3.05) is 7.11 Å². The topological polar surface area (TPSA) is 29.5 Å². The summed E-state index contributed by atoms with van der Waals surface area (Å²) >= 11 is 6.01. The molecule has 3 aromatic rings. The zero-order valence-electron chi connectivity index (χ0n) is 11.6. The molecule has 106 valence electrons. The summed E-state index contributed by atoms with van der Waals surface area (Å²) in [4.78, 5) is 0. The molecule has 0 amide bonds. The number of aliphatic hydroxyl groups is 1. The van der Waals surface area contributed by atoms with Gasteiger partial charge in [-0.05, 0) is 34.7 Å². The van der Waals surface area contributed by atoms with Crippen LogP contribution in [0.3, 0.4) is 0 Å². The van der Waals surface area contributed by atoms with E-state index in [1.165, 1.54) is 0 Å². The van der Waals surface area contributed by atoms with E-state index in [2.05, 4.69) is 0 Å². The highest BCUT2D eigenvalue weighted by Crippen LogP contribution is 2.34. The summed E-state index contributed by atoms with van der Waals surface area (Å²) in [5, 5.41) is 13.3. The van der Waals surface area contributed by atoms with Gasteiger partial charge < -0.3 is 9.84 Å². The second-order valence-corrected chi connectivity index (χ2v) is 5.30. The predicted molar refractivity (Wildman–Crippen MR) is 86.0 cm³/mol. The van der Waals surface area contributed by atoms with E-state index in [1.807, 2.05) is 48.5 Å². The standard InChI is InChI=1S/C18H15ClO2/c1-21-17-10-9-16(14-7-2-3-8-15(14)17)18(20)12-5-4-6-13(19)11-12/h2-11,18,20H,1H3. The van der Waals surface area contributed by atoms with E-state index in [-0.39, 0.29) is 0 Å². The number of benzene rings is 3. The molecule has 0 aliphatic carbocycles. The highest BCUT2D eigenvalue weighted by Gasteiger charge is 2.15. The number of hydrogen-bond acceptors (Lipinski definition) is 2. The molecule has 0 saturated carbocycles. The van der Waals surface area contributed by atoms with E-state index in [9.17, 15) is 5.11 Å². The lowest BCUT2D eigenvalue weighted by molar-refractivity contribution is 0.222. The van der Waals surface area contributed by atoms with Crippen molar-refractivity contribution >= 4 is 22.4 Å². The molecule has 1 unspecified atom stereocenters. The third-order valence-corrected chi connectivity index (χ3v) is 3.83. The number of fused-ring (bicyclic) bond motifs is 1. The second kappa shape index (κ2) is 5.76. The number of aliphatic hydroxyl groups excluding tert-OH is 1. The Morgan fingerprint density at radius 1 is 0.952 bits per heavy atom. The molecule has 3 aromatic carbocycles. The fourth-order valence-electron chi connectivity index (χ4n) is 2.57. The summed E-state index contributed by atoms with van der Waals surface area (Å²) in [5.41, 5.74) is 1.62. The molecule has 0 saturated heterocycles. The van der Waals surface area contributed by atoms with Crippen LogP contribution >= 0.6 is 11.6 Å². The molecule has 1 atom stereocenters. The highest BCUT2D eigenvalue weighted by molar-refractivity contribution is 6.30. The van der Waals surface area contributed by atoms with Gasteiger partial charge in [0.15, 0.2) is 0 Å². The van der Waals surface area contributed by atoms with Crippen molar-refractivity contribution in [2.24, 2.45) is 0 Å². The first-order valence-electron chi connectivity index (χ1n) is 6.70. The van der Waals surface area contributed by atoms with Crippen LogP contribution in [0.4, 0.5) is 0 Å². The number of methoxy groups -OCH3 is 1. The average Bonchev–Trinajstić information content (AvgIpc) is 2.53. The number of hydrogen-bond donors (Lipinski definition) is 1. The zero-order valence-corrected chi connectivity index (χ0v) is 12.3. The lowest BCUT2D eigenvalue weighted by Gasteiger charge is -2.16. The SMILES string of the molecule is COc1ccc(C(O)c2cccc(Cl)c2)c2ccccc12. The van der Waals surface area contributed by atoms with E-state index >= 15 is 0 Å². The van der Waals surface area contributed by atoms with Gasteiger partial charge in [0.05, 0.1) is 7.11 Å². The molecular weight excluding hydrogens is 284 g/mol. The molecule has 0 spiro atoms. The van der Waals surface area contributed by atoms with Crippen molar-refractivity contribution in [3.05, 3.63) is 76.8 Å². The monoisotopic (exact) mass is 298 g/mol. The van der Waals surface area contributed by atoms with Gasteiger partial charge in [-0.25, -0.2) is 0 Å². The molecule has 0 aliphatic rings. The Labute approximate surface area is 128 Å². The fraction of sp³-hybridized carbons (Fsp3) is 0.111. The highest BCUT2D eigenvalue weighted by atomic mass is 35.5. The van der Waals surface area contributed by atoms with Gasteiger partial charge in [-0.3, -0.25) is 0 Å². The fourth-order valence-corrected chi connectivity index (χ4v) is 2.77. The van der Waals surface area contributed by atoms with Crippen molar-refractivity contribution in [2.45, 2.75) is 6.10 Å². The molecule has 0 aliphatic heterocycles. The van der Waals surface area contributed by atoms with Crippen LogP contribution in [0.1, 0.15) is 17.2 Å². The van der Waals surface area contributed by atoms with Crippen molar-refractivity contribution in [1.82, 2.24) is 0 Å². The molecule has 1 N–H and O–H groups in total. The van der Waals surface area contributed by atoms with Crippen LogP contribution in [0, 0.1) is 0 Å². The van der Waals surface area contributed by atoms with Crippen molar-refractivity contribution in [3.8, 4) is 5.75 Å². The van der Waals surface area contributed by atoms with Gasteiger partial charge in [0, 0.05) is 10.4 Å². The lowest BCUT2D eigenvalue weighted by Crippen LogP contribution is -2.01. The average molecular weight is 299 g/mol. The van der Waals surface area contributed by atoms with Gasteiger partial charge in [0.2, 0.25) is 0 Å². The molecule has 2 nitrogen and oxygen atoms in total. The number of rotatable bonds is 3. The molecule has 21 heavy (non-hydrogen) atoms. The van der Waals surface area contributed by atoms with Crippen LogP contribution in [0.2, 0.25) is 5.02 Å². The van der Waals surface area contributed by atoms with Gasteiger partial charge in [0.1, 0.15) is 11.9 Å². The number of halogens is 1. The zero-order chi connectivity index (χ0) is 14.8. The molecular formula is C18H15ClO2. The largest absolute Gasteiger partial charge is 0.496 e. The number of ether oxygens (including phenoxy) is 1. The first-order chi connectivity index (χ1) is 10.2.